The van der Waals surface area contributed by atoms with Gasteiger partial charge in [0.25, 0.3) is 0 Å². The van der Waals surface area contributed by atoms with Gasteiger partial charge in [0.1, 0.15) is 11.6 Å². The maximum Gasteiger partial charge on any atom is 0.163 e. The topological polar surface area (TPSA) is 51.2 Å². The highest BCUT2D eigenvalue weighted by atomic mass is 16.1. The molecule has 2 aromatic carbocycles. The smallest absolute Gasteiger partial charge is 0.163 e. The molecule has 0 saturated heterocycles. The van der Waals surface area contributed by atoms with Gasteiger partial charge in [0.05, 0.1) is 6.42 Å². The van der Waals surface area contributed by atoms with E-state index < -0.39 is 0 Å². The van der Waals surface area contributed by atoms with E-state index in [9.17, 15) is 14.4 Å². The molecule has 0 fully saturated rings. The molecule has 2 aromatic rings. The molecule has 1 aliphatic carbocycles. The minimum Gasteiger partial charge on any atom is -0.300 e. The fourth-order valence-electron chi connectivity index (χ4n) is 6.27. The van der Waals surface area contributed by atoms with Crippen molar-refractivity contribution in [3.05, 3.63) is 58.1 Å². The van der Waals surface area contributed by atoms with Crippen molar-refractivity contribution in [2.24, 2.45) is 17.8 Å². The lowest BCUT2D eigenvalue weighted by molar-refractivity contribution is -0.129. The van der Waals surface area contributed by atoms with Crippen LogP contribution in [0.3, 0.4) is 0 Å². The SMILES string of the molecule is CCC.CCC.CCCC(CC1CC(=O)c2c(C)ccc(-c3ccc(CC)c(C)c3)c2C1)C(CC)C(=O)CC(C)=O. The monoisotopic (exact) mass is 562 g/mol. The van der Waals surface area contributed by atoms with Crippen LogP contribution >= 0.6 is 0 Å². The Morgan fingerprint density at radius 3 is 2.02 bits per heavy atom. The second-order valence-electron chi connectivity index (χ2n) is 12.0. The van der Waals surface area contributed by atoms with Crippen LogP contribution in [-0.2, 0) is 22.4 Å². The van der Waals surface area contributed by atoms with Crippen LogP contribution in [0.4, 0.5) is 0 Å². The lowest BCUT2D eigenvalue weighted by Crippen LogP contribution is -2.30. The van der Waals surface area contributed by atoms with Gasteiger partial charge in [-0.2, -0.15) is 0 Å². The van der Waals surface area contributed by atoms with E-state index in [1.165, 1.54) is 47.6 Å². The van der Waals surface area contributed by atoms with E-state index >= 15 is 0 Å². The first-order chi connectivity index (χ1) is 19.5. The molecule has 3 unspecified atom stereocenters. The number of fused-ring (bicyclic) bond motifs is 1. The van der Waals surface area contributed by atoms with Gasteiger partial charge in [-0.25, -0.2) is 0 Å². The molecule has 228 valence electrons. The molecule has 3 heteroatoms. The summed E-state index contributed by atoms with van der Waals surface area (Å²) < 4.78 is 0. The lowest BCUT2D eigenvalue weighted by Gasteiger charge is -2.32. The summed E-state index contributed by atoms with van der Waals surface area (Å²) in [5.74, 6) is 0.587. The first kappa shape index (κ1) is 36.5. The van der Waals surface area contributed by atoms with Crippen molar-refractivity contribution >= 4 is 17.3 Å². The maximum atomic E-state index is 13.4. The minimum absolute atomic E-state index is 0.0294. The molecule has 0 aromatic heterocycles. The average Bonchev–Trinajstić information content (AvgIpc) is 2.89. The molecular weight excluding hydrogens is 504 g/mol. The second kappa shape index (κ2) is 18.8. The number of ketones is 3. The van der Waals surface area contributed by atoms with Crippen molar-refractivity contribution in [2.45, 2.75) is 133 Å². The number of benzene rings is 2. The van der Waals surface area contributed by atoms with Gasteiger partial charge in [0.2, 0.25) is 0 Å². The Labute approximate surface area is 251 Å². The first-order valence-corrected chi connectivity index (χ1v) is 16.3. The average molecular weight is 563 g/mol. The van der Waals surface area contributed by atoms with Gasteiger partial charge < -0.3 is 0 Å². The van der Waals surface area contributed by atoms with Gasteiger partial charge in [0.15, 0.2) is 5.78 Å². The van der Waals surface area contributed by atoms with Crippen molar-refractivity contribution in [3.8, 4) is 11.1 Å². The molecule has 0 radical (unpaired) electrons. The van der Waals surface area contributed by atoms with Gasteiger partial charge in [-0.1, -0.05) is 104 Å². The van der Waals surface area contributed by atoms with Crippen LogP contribution in [0.1, 0.15) is 139 Å². The summed E-state index contributed by atoms with van der Waals surface area (Å²) in [7, 11) is 0. The summed E-state index contributed by atoms with van der Waals surface area (Å²) in [6.07, 6.45) is 8.52. The molecule has 0 heterocycles. The van der Waals surface area contributed by atoms with Crippen LogP contribution in [0, 0.1) is 31.6 Å². The Balaban J connectivity index is 0.00000129. The molecule has 3 rings (SSSR count). The van der Waals surface area contributed by atoms with Crippen molar-refractivity contribution in [1.82, 2.24) is 0 Å². The Morgan fingerprint density at radius 2 is 1.51 bits per heavy atom. The van der Waals surface area contributed by atoms with Crippen LogP contribution in [0.25, 0.3) is 11.1 Å². The normalized spacial score (nSPS) is 15.5. The first-order valence-electron chi connectivity index (χ1n) is 16.3. The van der Waals surface area contributed by atoms with E-state index in [2.05, 4.69) is 85.7 Å². The fourth-order valence-corrected chi connectivity index (χ4v) is 6.27. The fraction of sp³-hybridized carbons (Fsp3) is 0.605. The Kier molecular flexibility index (Phi) is 16.7. The van der Waals surface area contributed by atoms with Gasteiger partial charge >= 0.3 is 0 Å². The highest BCUT2D eigenvalue weighted by Crippen LogP contribution is 2.40. The summed E-state index contributed by atoms with van der Waals surface area (Å²) >= 11 is 0. The highest BCUT2D eigenvalue weighted by Gasteiger charge is 2.34. The molecule has 0 bridgehead atoms. The molecule has 3 atom stereocenters. The Bertz CT molecular complexity index is 1120. The number of hydrogen-bond acceptors (Lipinski definition) is 3. The van der Waals surface area contributed by atoms with Gasteiger partial charge in [0, 0.05) is 17.9 Å². The summed E-state index contributed by atoms with van der Waals surface area (Å²) in [6, 6.07) is 10.9. The van der Waals surface area contributed by atoms with Crippen LogP contribution in [-0.4, -0.2) is 17.3 Å². The predicted molar refractivity (Wildman–Crippen MR) is 176 cm³/mol. The molecular formula is C38H58O3. The summed E-state index contributed by atoms with van der Waals surface area (Å²) in [4.78, 5) is 37.9. The quantitative estimate of drug-likeness (QED) is 0.256. The van der Waals surface area contributed by atoms with E-state index in [0.29, 0.717) is 6.42 Å². The Hall–Kier alpha value is -2.55. The third-order valence-corrected chi connectivity index (χ3v) is 7.94. The molecule has 0 spiro atoms. The maximum absolute atomic E-state index is 13.4. The Morgan fingerprint density at radius 1 is 0.878 bits per heavy atom. The molecule has 0 N–H and O–H groups in total. The third-order valence-electron chi connectivity index (χ3n) is 7.94. The number of Topliss-reactive ketones (excluding diaryl/α,β-unsaturated/α-hetero) is 3. The molecule has 1 aliphatic rings. The van der Waals surface area contributed by atoms with E-state index in [-0.39, 0.29) is 41.5 Å². The number of rotatable bonds is 11. The molecule has 41 heavy (non-hydrogen) atoms. The zero-order valence-electron chi connectivity index (χ0n) is 27.9. The van der Waals surface area contributed by atoms with E-state index in [4.69, 9.17) is 0 Å². The van der Waals surface area contributed by atoms with Crippen LogP contribution < -0.4 is 0 Å². The zero-order chi connectivity index (χ0) is 31.1. The number of carbonyl (C=O) groups excluding carboxylic acids is 3. The van der Waals surface area contributed by atoms with Crippen LogP contribution in [0.2, 0.25) is 0 Å². The highest BCUT2D eigenvalue weighted by molar-refractivity contribution is 6.02. The second-order valence-corrected chi connectivity index (χ2v) is 12.0. The number of hydrogen-bond donors (Lipinski definition) is 0. The van der Waals surface area contributed by atoms with Crippen molar-refractivity contribution < 1.29 is 14.4 Å². The standard InChI is InChI=1S/C32H42O3.2C3H8/c1-7-10-25(27(9-3)30(34)16-22(6)33)17-23-18-29-28(14-11-20(4)32(29)31(35)19-23)26-13-12-24(8-2)21(5)15-26;2*1-3-2/h11-15,23,25,27H,7-10,16-19H2,1-6H3;2*3H2,1-2H3. The van der Waals surface area contributed by atoms with Crippen LogP contribution in [0.5, 0.6) is 0 Å². The lowest BCUT2D eigenvalue weighted by atomic mass is 9.71. The summed E-state index contributed by atoms with van der Waals surface area (Å²) in [5.41, 5.74) is 8.12. The molecule has 0 aliphatic heterocycles. The molecule has 0 saturated carbocycles. The van der Waals surface area contributed by atoms with E-state index in [1.807, 2.05) is 6.92 Å². The zero-order valence-corrected chi connectivity index (χ0v) is 27.9. The predicted octanol–water partition coefficient (Wildman–Crippen LogP) is 10.5. The summed E-state index contributed by atoms with van der Waals surface area (Å²) in [5, 5.41) is 0. The van der Waals surface area contributed by atoms with Crippen LogP contribution in [0.15, 0.2) is 30.3 Å². The number of carbonyl (C=O) groups is 3. The van der Waals surface area contributed by atoms with Crippen molar-refractivity contribution in [1.29, 1.82) is 0 Å². The van der Waals surface area contributed by atoms with Crippen molar-refractivity contribution in [2.75, 3.05) is 0 Å². The largest absolute Gasteiger partial charge is 0.300 e. The van der Waals surface area contributed by atoms with Gasteiger partial charge in [-0.15, -0.1) is 0 Å². The molecule has 3 nitrogen and oxygen atoms in total. The third kappa shape index (κ3) is 10.7. The van der Waals surface area contributed by atoms with E-state index in [0.717, 1.165) is 49.7 Å². The number of aryl methyl sites for hydroxylation is 3. The van der Waals surface area contributed by atoms with Crippen molar-refractivity contribution in [3.63, 3.8) is 0 Å². The van der Waals surface area contributed by atoms with Gasteiger partial charge in [-0.3, -0.25) is 14.4 Å². The molecule has 0 amide bonds. The van der Waals surface area contributed by atoms with Gasteiger partial charge in [-0.05, 0) is 91.7 Å². The minimum atomic E-state index is -0.100. The van der Waals surface area contributed by atoms with E-state index in [1.54, 1.807) is 0 Å². The summed E-state index contributed by atoms with van der Waals surface area (Å²) in [6.45, 7) is 20.6.